The summed E-state index contributed by atoms with van der Waals surface area (Å²) in [5.74, 6) is 1.12. The van der Waals surface area contributed by atoms with Crippen molar-refractivity contribution in [1.82, 2.24) is 19.7 Å². The third kappa shape index (κ3) is 1.95. The SMILES string of the molecule is CC(C)Cn1ncc2c(=O)[nH]c(CCl)nc21. The van der Waals surface area contributed by atoms with Crippen LogP contribution >= 0.6 is 11.6 Å². The molecule has 0 aliphatic rings. The van der Waals surface area contributed by atoms with E-state index in [2.05, 4.69) is 28.9 Å². The maximum absolute atomic E-state index is 11.7. The number of halogens is 1. The van der Waals surface area contributed by atoms with Gasteiger partial charge in [0.05, 0.1) is 12.1 Å². The largest absolute Gasteiger partial charge is 0.309 e. The molecule has 0 spiro atoms. The second kappa shape index (κ2) is 4.25. The number of rotatable bonds is 3. The highest BCUT2D eigenvalue weighted by Crippen LogP contribution is 2.09. The van der Waals surface area contributed by atoms with Gasteiger partial charge in [0.2, 0.25) is 0 Å². The second-order valence-electron chi connectivity index (χ2n) is 4.10. The Kier molecular flexibility index (Phi) is 2.96. The number of aromatic nitrogens is 4. The monoisotopic (exact) mass is 240 g/mol. The van der Waals surface area contributed by atoms with Crippen LogP contribution in [0.3, 0.4) is 0 Å². The number of hydrogen-bond acceptors (Lipinski definition) is 3. The second-order valence-corrected chi connectivity index (χ2v) is 4.37. The fourth-order valence-electron chi connectivity index (χ4n) is 1.55. The summed E-state index contributed by atoms with van der Waals surface area (Å²) in [7, 11) is 0. The first-order valence-corrected chi connectivity index (χ1v) is 5.66. The Bertz CT molecular complexity index is 557. The number of nitrogens with one attached hydrogen (secondary N) is 1. The van der Waals surface area contributed by atoms with Gasteiger partial charge in [0, 0.05) is 6.54 Å². The molecule has 86 valence electrons. The van der Waals surface area contributed by atoms with Crippen molar-refractivity contribution < 1.29 is 0 Å². The molecule has 0 aliphatic carbocycles. The van der Waals surface area contributed by atoms with Crippen LogP contribution in [-0.2, 0) is 12.4 Å². The van der Waals surface area contributed by atoms with E-state index in [9.17, 15) is 4.79 Å². The molecule has 6 heteroatoms. The molecular weight excluding hydrogens is 228 g/mol. The van der Waals surface area contributed by atoms with E-state index in [-0.39, 0.29) is 11.4 Å². The van der Waals surface area contributed by atoms with Crippen molar-refractivity contribution in [3.8, 4) is 0 Å². The molecule has 2 aromatic heterocycles. The van der Waals surface area contributed by atoms with Gasteiger partial charge in [-0.05, 0) is 5.92 Å². The van der Waals surface area contributed by atoms with Crippen LogP contribution in [0.5, 0.6) is 0 Å². The molecule has 0 saturated carbocycles. The summed E-state index contributed by atoms with van der Waals surface area (Å²) in [5.41, 5.74) is 0.420. The van der Waals surface area contributed by atoms with Crippen LogP contribution in [0.15, 0.2) is 11.0 Å². The molecule has 0 unspecified atom stereocenters. The molecule has 5 nitrogen and oxygen atoms in total. The first-order chi connectivity index (χ1) is 7.61. The van der Waals surface area contributed by atoms with E-state index in [0.29, 0.717) is 22.8 Å². The van der Waals surface area contributed by atoms with Gasteiger partial charge in [-0.3, -0.25) is 4.79 Å². The Morgan fingerprint density at radius 3 is 2.94 bits per heavy atom. The highest BCUT2D eigenvalue weighted by Gasteiger charge is 2.10. The van der Waals surface area contributed by atoms with E-state index in [1.165, 1.54) is 0 Å². The molecule has 0 aromatic carbocycles. The molecule has 2 rings (SSSR count). The van der Waals surface area contributed by atoms with Gasteiger partial charge in [-0.25, -0.2) is 9.67 Å². The molecule has 2 aromatic rings. The lowest BCUT2D eigenvalue weighted by atomic mass is 10.2. The molecule has 1 N–H and O–H groups in total. The minimum atomic E-state index is -0.185. The number of aromatic amines is 1. The molecule has 0 bridgehead atoms. The van der Waals surface area contributed by atoms with Gasteiger partial charge in [-0.2, -0.15) is 5.10 Å². The summed E-state index contributed by atoms with van der Waals surface area (Å²) in [6, 6.07) is 0. The van der Waals surface area contributed by atoms with Crippen LogP contribution in [0, 0.1) is 5.92 Å². The van der Waals surface area contributed by atoms with E-state index in [4.69, 9.17) is 11.6 Å². The number of alkyl halides is 1. The zero-order chi connectivity index (χ0) is 11.7. The van der Waals surface area contributed by atoms with Crippen molar-refractivity contribution in [2.45, 2.75) is 26.3 Å². The minimum Gasteiger partial charge on any atom is -0.309 e. The van der Waals surface area contributed by atoms with E-state index in [0.717, 1.165) is 6.54 Å². The molecule has 0 amide bonds. The third-order valence-corrected chi connectivity index (χ3v) is 2.47. The third-order valence-electron chi connectivity index (χ3n) is 2.22. The topological polar surface area (TPSA) is 63.6 Å². The highest BCUT2D eigenvalue weighted by molar-refractivity contribution is 6.16. The summed E-state index contributed by atoms with van der Waals surface area (Å²) in [4.78, 5) is 18.5. The summed E-state index contributed by atoms with van der Waals surface area (Å²) in [6.45, 7) is 4.91. The quantitative estimate of drug-likeness (QED) is 0.828. The molecule has 2 heterocycles. The van der Waals surface area contributed by atoms with Gasteiger partial charge in [0.15, 0.2) is 5.65 Å². The van der Waals surface area contributed by atoms with E-state index < -0.39 is 0 Å². The maximum atomic E-state index is 11.7. The van der Waals surface area contributed by atoms with E-state index >= 15 is 0 Å². The molecule has 16 heavy (non-hydrogen) atoms. The zero-order valence-electron chi connectivity index (χ0n) is 9.20. The van der Waals surface area contributed by atoms with Crippen molar-refractivity contribution in [2.24, 2.45) is 5.92 Å². The van der Waals surface area contributed by atoms with Gasteiger partial charge in [-0.15, -0.1) is 11.6 Å². The van der Waals surface area contributed by atoms with Gasteiger partial charge >= 0.3 is 0 Å². The maximum Gasteiger partial charge on any atom is 0.262 e. The summed E-state index contributed by atoms with van der Waals surface area (Å²) in [5, 5.41) is 4.67. The predicted molar refractivity (Wildman–Crippen MR) is 62.5 cm³/mol. The number of hydrogen-bond donors (Lipinski definition) is 1. The average molecular weight is 241 g/mol. The number of fused-ring (bicyclic) bond motifs is 1. The molecule has 0 radical (unpaired) electrons. The molecule has 0 aliphatic heterocycles. The first kappa shape index (κ1) is 11.1. The van der Waals surface area contributed by atoms with Crippen molar-refractivity contribution in [2.75, 3.05) is 0 Å². The highest BCUT2D eigenvalue weighted by atomic mass is 35.5. The zero-order valence-corrected chi connectivity index (χ0v) is 9.95. The van der Waals surface area contributed by atoms with E-state index in [1.54, 1.807) is 10.9 Å². The van der Waals surface area contributed by atoms with Crippen molar-refractivity contribution in [3.05, 3.63) is 22.4 Å². The van der Waals surface area contributed by atoms with Gasteiger partial charge < -0.3 is 4.98 Å². The Balaban J connectivity index is 2.61. The Labute approximate surface area is 97.4 Å². The van der Waals surface area contributed by atoms with Crippen LogP contribution < -0.4 is 5.56 Å². The molecule has 0 saturated heterocycles. The fraction of sp³-hybridized carbons (Fsp3) is 0.500. The van der Waals surface area contributed by atoms with Crippen LogP contribution in [0.25, 0.3) is 11.0 Å². The van der Waals surface area contributed by atoms with Crippen LogP contribution in [0.1, 0.15) is 19.7 Å². The molecule has 0 atom stereocenters. The summed E-state index contributed by atoms with van der Waals surface area (Å²) >= 11 is 5.66. The normalized spacial score (nSPS) is 11.5. The van der Waals surface area contributed by atoms with Crippen LogP contribution in [0.2, 0.25) is 0 Å². The Morgan fingerprint density at radius 1 is 1.56 bits per heavy atom. The first-order valence-electron chi connectivity index (χ1n) is 5.12. The van der Waals surface area contributed by atoms with Crippen LogP contribution in [0.4, 0.5) is 0 Å². The number of H-pyrrole nitrogens is 1. The Morgan fingerprint density at radius 2 is 2.31 bits per heavy atom. The molecular formula is C10H13ClN4O. The molecule has 0 fully saturated rings. The van der Waals surface area contributed by atoms with Crippen molar-refractivity contribution in [3.63, 3.8) is 0 Å². The van der Waals surface area contributed by atoms with Crippen LogP contribution in [-0.4, -0.2) is 19.7 Å². The fourth-order valence-corrected chi connectivity index (χ4v) is 1.68. The lowest BCUT2D eigenvalue weighted by Crippen LogP contribution is -2.13. The smallest absolute Gasteiger partial charge is 0.262 e. The summed E-state index contributed by atoms with van der Waals surface area (Å²) < 4.78 is 1.74. The van der Waals surface area contributed by atoms with Gasteiger partial charge in [-0.1, -0.05) is 13.8 Å². The predicted octanol–water partition coefficient (Wildman–Crippen LogP) is 1.51. The van der Waals surface area contributed by atoms with Gasteiger partial charge in [0.25, 0.3) is 5.56 Å². The standard InChI is InChI=1S/C10H13ClN4O/c1-6(2)5-15-9-7(4-12-15)10(16)14-8(3-11)13-9/h4,6H,3,5H2,1-2H3,(H,13,14,16). The van der Waals surface area contributed by atoms with Crippen molar-refractivity contribution >= 4 is 22.6 Å². The van der Waals surface area contributed by atoms with E-state index in [1.807, 2.05) is 0 Å². The lowest BCUT2D eigenvalue weighted by molar-refractivity contribution is 0.492. The van der Waals surface area contributed by atoms with Crippen molar-refractivity contribution in [1.29, 1.82) is 0 Å². The summed E-state index contributed by atoms with van der Waals surface area (Å²) in [6.07, 6.45) is 1.54. The average Bonchev–Trinajstić information content (AvgIpc) is 2.61. The Hall–Kier alpha value is -1.36. The number of nitrogens with zero attached hydrogens (tertiary/aromatic N) is 3. The minimum absolute atomic E-state index is 0.185. The lowest BCUT2D eigenvalue weighted by Gasteiger charge is -2.05. The van der Waals surface area contributed by atoms with Gasteiger partial charge in [0.1, 0.15) is 11.2 Å².